The third-order valence-electron chi connectivity index (χ3n) is 6.92. The molecule has 1 atom stereocenters. The first-order valence-corrected chi connectivity index (χ1v) is 11.8. The van der Waals surface area contributed by atoms with E-state index in [0.29, 0.717) is 13.0 Å². The number of ether oxygens (including phenoxy) is 1. The minimum Gasteiger partial charge on any atom is -0.443 e. The molecular formula is C29H33ClFN3O2. The molecule has 0 aliphatic rings. The number of hydrogen-bond acceptors (Lipinski definition) is 3. The fraction of sp³-hybridized carbons (Fsp3) is 0.310. The maximum Gasteiger partial charge on any atom is 0.405 e. The summed E-state index contributed by atoms with van der Waals surface area (Å²) in [5.74, 6) is -0.543. The van der Waals surface area contributed by atoms with Gasteiger partial charge in [-0.2, -0.15) is 0 Å². The molecule has 2 N–H and O–H groups in total. The van der Waals surface area contributed by atoms with Gasteiger partial charge in [-0.25, -0.2) is 9.18 Å². The van der Waals surface area contributed by atoms with Crippen LogP contribution in [0.15, 0.2) is 60.8 Å². The Morgan fingerprint density at radius 2 is 1.64 bits per heavy atom. The lowest BCUT2D eigenvalue weighted by molar-refractivity contribution is 0.0239. The zero-order valence-corrected chi connectivity index (χ0v) is 22.2. The van der Waals surface area contributed by atoms with Crippen molar-refractivity contribution in [2.75, 3.05) is 0 Å². The van der Waals surface area contributed by atoms with Gasteiger partial charge in [0.1, 0.15) is 11.4 Å². The van der Waals surface area contributed by atoms with Gasteiger partial charge < -0.3 is 15.0 Å². The van der Waals surface area contributed by atoms with Crippen molar-refractivity contribution in [3.63, 3.8) is 0 Å². The van der Waals surface area contributed by atoms with Crippen molar-refractivity contribution < 1.29 is 13.9 Å². The fourth-order valence-corrected chi connectivity index (χ4v) is 4.84. The molecule has 1 amide bonds. The predicted octanol–water partition coefficient (Wildman–Crippen LogP) is 6.77. The molecule has 0 saturated heterocycles. The molecule has 0 bridgehead atoms. The minimum absolute atomic E-state index is 0. The van der Waals surface area contributed by atoms with E-state index in [0.717, 1.165) is 33.4 Å². The van der Waals surface area contributed by atoms with Gasteiger partial charge in [-0.05, 0) is 81.5 Å². The molecule has 0 fully saturated rings. The first-order valence-electron chi connectivity index (χ1n) is 11.8. The normalized spacial score (nSPS) is 12.3. The molecule has 4 aromatic rings. The Balaban J connectivity index is 0.00000361. The number of halogens is 2. The van der Waals surface area contributed by atoms with Crippen LogP contribution in [0, 0.1) is 26.6 Å². The number of hydrogen-bond donors (Lipinski definition) is 1. The standard InChI is InChI=1S/C29H32FN3O2.ClH/c1-18-6-8-22(9-7-18)17-33-20(3)19(2)26-27(33)24(14-15-32-26)25(29(4,5)35-28(31)34)16-21-10-12-23(30)13-11-21;/h6-15,25H,16-17H2,1-5H3,(H2,31,34);1H. The van der Waals surface area contributed by atoms with E-state index in [1.165, 1.54) is 23.3 Å². The summed E-state index contributed by atoms with van der Waals surface area (Å²) in [6, 6.07) is 16.9. The highest BCUT2D eigenvalue weighted by Gasteiger charge is 2.36. The predicted molar refractivity (Wildman–Crippen MR) is 144 cm³/mol. The van der Waals surface area contributed by atoms with Crippen LogP contribution in [0.1, 0.15) is 53.3 Å². The highest BCUT2D eigenvalue weighted by molar-refractivity contribution is 5.85. The number of benzene rings is 2. The van der Waals surface area contributed by atoms with Crippen LogP contribution in [-0.4, -0.2) is 21.2 Å². The third-order valence-corrected chi connectivity index (χ3v) is 6.92. The van der Waals surface area contributed by atoms with Gasteiger partial charge in [0.2, 0.25) is 0 Å². The minimum atomic E-state index is -0.921. The Bertz CT molecular complexity index is 1360. The lowest BCUT2D eigenvalue weighted by Crippen LogP contribution is -2.38. The number of aromatic nitrogens is 2. The van der Waals surface area contributed by atoms with Crippen LogP contribution >= 0.6 is 12.4 Å². The van der Waals surface area contributed by atoms with E-state index in [1.54, 1.807) is 18.3 Å². The topological polar surface area (TPSA) is 70.1 Å². The van der Waals surface area contributed by atoms with Crippen LogP contribution in [0.25, 0.3) is 11.0 Å². The Morgan fingerprint density at radius 3 is 2.25 bits per heavy atom. The number of pyridine rings is 1. The second kappa shape index (κ2) is 10.7. The molecular weight excluding hydrogens is 477 g/mol. The lowest BCUT2D eigenvalue weighted by atomic mass is 9.79. The Kier molecular flexibility index (Phi) is 8.09. The number of carbonyl (C=O) groups excluding carboxylic acids is 1. The summed E-state index contributed by atoms with van der Waals surface area (Å²) in [6.45, 7) is 10.7. The van der Waals surface area contributed by atoms with Gasteiger partial charge in [-0.1, -0.05) is 42.0 Å². The SMILES string of the molecule is Cc1ccc(Cn2c(C)c(C)c3nccc(C(Cc4ccc(F)cc4)C(C)(C)OC(N)=O)c32)cc1.Cl. The first-order chi connectivity index (χ1) is 16.6. The van der Waals surface area contributed by atoms with E-state index < -0.39 is 11.7 Å². The summed E-state index contributed by atoms with van der Waals surface area (Å²) >= 11 is 0. The average Bonchev–Trinajstić information content (AvgIpc) is 3.04. The number of aryl methyl sites for hydroxylation is 2. The molecule has 5 nitrogen and oxygen atoms in total. The largest absolute Gasteiger partial charge is 0.443 e. The zero-order valence-electron chi connectivity index (χ0n) is 21.3. The van der Waals surface area contributed by atoms with E-state index in [-0.39, 0.29) is 24.1 Å². The van der Waals surface area contributed by atoms with Crippen molar-refractivity contribution in [3.05, 3.63) is 100 Å². The quantitative estimate of drug-likeness (QED) is 0.299. The van der Waals surface area contributed by atoms with Crippen molar-refractivity contribution in [3.8, 4) is 0 Å². The van der Waals surface area contributed by atoms with Crippen LogP contribution in [0.2, 0.25) is 0 Å². The number of primary amides is 1. The summed E-state index contributed by atoms with van der Waals surface area (Å²) in [4.78, 5) is 16.6. The maximum atomic E-state index is 13.6. The van der Waals surface area contributed by atoms with Gasteiger partial charge in [-0.3, -0.25) is 4.98 Å². The Labute approximate surface area is 217 Å². The number of rotatable bonds is 7. The van der Waals surface area contributed by atoms with Crippen molar-refractivity contribution in [2.24, 2.45) is 5.73 Å². The van der Waals surface area contributed by atoms with Crippen molar-refractivity contribution in [1.82, 2.24) is 9.55 Å². The highest BCUT2D eigenvalue weighted by atomic mass is 35.5. The fourth-order valence-electron chi connectivity index (χ4n) is 4.84. The molecule has 36 heavy (non-hydrogen) atoms. The van der Waals surface area contributed by atoms with Gasteiger partial charge >= 0.3 is 6.09 Å². The number of fused-ring (bicyclic) bond motifs is 1. The van der Waals surface area contributed by atoms with Crippen LogP contribution in [-0.2, 0) is 17.7 Å². The summed E-state index contributed by atoms with van der Waals surface area (Å²) in [7, 11) is 0. The maximum absolute atomic E-state index is 13.6. The molecule has 0 radical (unpaired) electrons. The average molecular weight is 510 g/mol. The van der Waals surface area contributed by atoms with Gasteiger partial charge in [0, 0.05) is 24.4 Å². The van der Waals surface area contributed by atoms with Crippen molar-refractivity contribution in [2.45, 2.75) is 59.1 Å². The number of amides is 1. The van der Waals surface area contributed by atoms with E-state index in [1.807, 2.05) is 19.9 Å². The van der Waals surface area contributed by atoms with E-state index in [2.05, 4.69) is 49.6 Å². The van der Waals surface area contributed by atoms with Crippen LogP contribution < -0.4 is 5.73 Å². The summed E-state index contributed by atoms with van der Waals surface area (Å²) in [5.41, 5.74) is 13.1. The molecule has 2 aromatic heterocycles. The van der Waals surface area contributed by atoms with Crippen LogP contribution in [0.5, 0.6) is 0 Å². The van der Waals surface area contributed by atoms with E-state index in [9.17, 15) is 9.18 Å². The highest BCUT2D eigenvalue weighted by Crippen LogP contribution is 2.39. The molecule has 7 heteroatoms. The second-order valence-electron chi connectivity index (χ2n) is 9.79. The molecule has 4 rings (SSSR count). The van der Waals surface area contributed by atoms with Gasteiger partial charge in [0.25, 0.3) is 0 Å². The number of nitrogens with two attached hydrogens (primary N) is 1. The zero-order chi connectivity index (χ0) is 25.3. The van der Waals surface area contributed by atoms with E-state index >= 15 is 0 Å². The molecule has 0 spiro atoms. The Morgan fingerprint density at radius 1 is 1.03 bits per heavy atom. The summed E-state index contributed by atoms with van der Waals surface area (Å²) in [5, 5.41) is 0. The molecule has 0 saturated carbocycles. The van der Waals surface area contributed by atoms with Crippen molar-refractivity contribution >= 4 is 29.5 Å². The second-order valence-corrected chi connectivity index (χ2v) is 9.79. The lowest BCUT2D eigenvalue weighted by Gasteiger charge is -2.34. The number of carbonyl (C=O) groups is 1. The van der Waals surface area contributed by atoms with Gasteiger partial charge in [-0.15, -0.1) is 12.4 Å². The van der Waals surface area contributed by atoms with Crippen LogP contribution in [0.3, 0.4) is 0 Å². The van der Waals surface area contributed by atoms with Gasteiger partial charge in [0.15, 0.2) is 0 Å². The molecule has 2 heterocycles. The molecule has 0 aliphatic carbocycles. The van der Waals surface area contributed by atoms with Crippen molar-refractivity contribution in [1.29, 1.82) is 0 Å². The smallest absolute Gasteiger partial charge is 0.405 e. The first kappa shape index (κ1) is 27.2. The third kappa shape index (κ3) is 5.54. The molecule has 190 valence electrons. The molecule has 0 aliphatic heterocycles. The summed E-state index contributed by atoms with van der Waals surface area (Å²) in [6.07, 6.45) is 1.51. The van der Waals surface area contributed by atoms with E-state index in [4.69, 9.17) is 15.5 Å². The number of nitrogens with zero attached hydrogens (tertiary/aromatic N) is 2. The molecule has 2 aromatic carbocycles. The molecule has 1 unspecified atom stereocenters. The Hall–Kier alpha value is -3.38. The van der Waals surface area contributed by atoms with Gasteiger partial charge in [0.05, 0.1) is 11.0 Å². The van der Waals surface area contributed by atoms with Crippen LogP contribution in [0.4, 0.5) is 9.18 Å². The monoisotopic (exact) mass is 509 g/mol. The summed E-state index contributed by atoms with van der Waals surface area (Å²) < 4.78 is 21.5.